The number of amides is 2. The van der Waals surface area contributed by atoms with Gasteiger partial charge < -0.3 is 15.1 Å². The SMILES string of the molecule is CC(=O)CCNC(=O)N1CCN(c2ccccc2F)CC1. The van der Waals surface area contributed by atoms with Gasteiger partial charge in [-0.3, -0.25) is 4.79 Å². The molecule has 21 heavy (non-hydrogen) atoms. The Morgan fingerprint density at radius 1 is 1.19 bits per heavy atom. The molecule has 0 aromatic heterocycles. The van der Waals surface area contributed by atoms with E-state index >= 15 is 0 Å². The maximum Gasteiger partial charge on any atom is 0.317 e. The van der Waals surface area contributed by atoms with Gasteiger partial charge in [-0.25, -0.2) is 9.18 Å². The molecule has 5 nitrogen and oxygen atoms in total. The molecule has 0 spiro atoms. The van der Waals surface area contributed by atoms with E-state index in [0.717, 1.165) is 0 Å². The zero-order valence-corrected chi connectivity index (χ0v) is 12.1. The van der Waals surface area contributed by atoms with Crippen LogP contribution in [0.15, 0.2) is 24.3 Å². The molecule has 0 radical (unpaired) electrons. The summed E-state index contributed by atoms with van der Waals surface area (Å²) in [6, 6.07) is 6.50. The van der Waals surface area contributed by atoms with Crippen LogP contribution in [0.5, 0.6) is 0 Å². The Balaban J connectivity index is 1.82. The number of nitrogens with one attached hydrogen (secondary N) is 1. The molecule has 0 bridgehead atoms. The Morgan fingerprint density at radius 2 is 1.86 bits per heavy atom. The minimum atomic E-state index is -0.239. The van der Waals surface area contributed by atoms with Gasteiger partial charge in [0.1, 0.15) is 11.6 Å². The average molecular weight is 293 g/mol. The number of urea groups is 1. The summed E-state index contributed by atoms with van der Waals surface area (Å²) < 4.78 is 13.7. The van der Waals surface area contributed by atoms with Gasteiger partial charge in [0.05, 0.1) is 5.69 Å². The van der Waals surface area contributed by atoms with E-state index in [9.17, 15) is 14.0 Å². The second-order valence-corrected chi connectivity index (χ2v) is 5.11. The van der Waals surface area contributed by atoms with Crippen LogP contribution < -0.4 is 10.2 Å². The molecular formula is C15H20FN3O2. The predicted molar refractivity (Wildman–Crippen MR) is 78.9 cm³/mol. The predicted octanol–water partition coefficient (Wildman–Crippen LogP) is 1.64. The summed E-state index contributed by atoms with van der Waals surface area (Å²) in [5, 5.41) is 2.72. The highest BCUT2D eigenvalue weighted by Gasteiger charge is 2.22. The molecule has 1 aliphatic rings. The number of carbonyl (C=O) groups is 2. The topological polar surface area (TPSA) is 52.7 Å². The van der Waals surface area contributed by atoms with E-state index in [0.29, 0.717) is 44.8 Å². The number of ketones is 1. The average Bonchev–Trinajstić information content (AvgIpc) is 2.47. The van der Waals surface area contributed by atoms with Gasteiger partial charge in [0.15, 0.2) is 0 Å². The highest BCUT2D eigenvalue weighted by Crippen LogP contribution is 2.20. The molecule has 2 amide bonds. The van der Waals surface area contributed by atoms with Gasteiger partial charge in [0, 0.05) is 39.1 Å². The summed E-state index contributed by atoms with van der Waals surface area (Å²) >= 11 is 0. The fourth-order valence-corrected chi connectivity index (χ4v) is 2.32. The molecular weight excluding hydrogens is 273 g/mol. The van der Waals surface area contributed by atoms with Gasteiger partial charge >= 0.3 is 6.03 Å². The highest BCUT2D eigenvalue weighted by atomic mass is 19.1. The summed E-state index contributed by atoms with van der Waals surface area (Å²) in [7, 11) is 0. The largest absolute Gasteiger partial charge is 0.366 e. The van der Waals surface area contributed by atoms with Crippen molar-refractivity contribution >= 4 is 17.5 Å². The standard InChI is InChI=1S/C15H20FN3O2/c1-12(20)6-7-17-15(21)19-10-8-18(9-11-19)14-5-3-2-4-13(14)16/h2-5H,6-11H2,1H3,(H,17,21). The highest BCUT2D eigenvalue weighted by molar-refractivity contribution is 5.78. The van der Waals surface area contributed by atoms with Crippen molar-refractivity contribution in [2.45, 2.75) is 13.3 Å². The Labute approximate surface area is 123 Å². The lowest BCUT2D eigenvalue weighted by Crippen LogP contribution is -2.52. The number of hydrogen-bond acceptors (Lipinski definition) is 3. The molecule has 2 rings (SSSR count). The van der Waals surface area contributed by atoms with Crippen LogP contribution in [0.1, 0.15) is 13.3 Å². The van der Waals surface area contributed by atoms with Crippen LogP contribution in [0.3, 0.4) is 0 Å². The smallest absolute Gasteiger partial charge is 0.317 e. The number of benzene rings is 1. The second kappa shape index (κ2) is 7.06. The number of piperazine rings is 1. The fraction of sp³-hybridized carbons (Fsp3) is 0.467. The Morgan fingerprint density at radius 3 is 2.48 bits per heavy atom. The number of Topliss-reactive ketones (excluding diaryl/α,β-unsaturated/α-hetero) is 1. The van der Waals surface area contributed by atoms with Crippen LogP contribution in [0.25, 0.3) is 0 Å². The molecule has 0 unspecified atom stereocenters. The fourth-order valence-electron chi connectivity index (χ4n) is 2.32. The monoisotopic (exact) mass is 293 g/mol. The minimum absolute atomic E-state index is 0.0553. The van der Waals surface area contributed by atoms with Gasteiger partial charge in [-0.15, -0.1) is 0 Å². The molecule has 1 N–H and O–H groups in total. The third-order valence-electron chi connectivity index (χ3n) is 3.51. The number of halogens is 1. The number of anilines is 1. The summed E-state index contributed by atoms with van der Waals surface area (Å²) in [4.78, 5) is 26.4. The van der Waals surface area contributed by atoms with E-state index in [2.05, 4.69) is 5.32 Å². The van der Waals surface area contributed by atoms with Crippen molar-refractivity contribution in [1.29, 1.82) is 0 Å². The van der Waals surface area contributed by atoms with E-state index in [1.54, 1.807) is 23.1 Å². The molecule has 1 aliphatic heterocycles. The Bertz CT molecular complexity index is 513. The zero-order chi connectivity index (χ0) is 15.2. The van der Waals surface area contributed by atoms with Crippen LogP contribution in [-0.4, -0.2) is 49.4 Å². The first-order chi connectivity index (χ1) is 10.1. The van der Waals surface area contributed by atoms with Crippen LogP contribution in [0.4, 0.5) is 14.9 Å². The first kappa shape index (κ1) is 15.3. The van der Waals surface area contributed by atoms with Gasteiger partial charge in [0.2, 0.25) is 0 Å². The first-order valence-electron chi connectivity index (χ1n) is 7.09. The van der Waals surface area contributed by atoms with Crippen molar-refractivity contribution in [3.05, 3.63) is 30.1 Å². The molecule has 114 valence electrons. The van der Waals surface area contributed by atoms with Crippen LogP contribution in [0.2, 0.25) is 0 Å². The van der Waals surface area contributed by atoms with Crippen molar-refractivity contribution in [2.75, 3.05) is 37.6 Å². The molecule has 1 aromatic carbocycles. The summed E-state index contributed by atoms with van der Waals surface area (Å²) in [6.45, 7) is 4.14. The van der Waals surface area contributed by atoms with E-state index in [1.165, 1.54) is 13.0 Å². The Hall–Kier alpha value is -2.11. The lowest BCUT2D eigenvalue weighted by molar-refractivity contribution is -0.116. The number of para-hydroxylation sites is 1. The number of nitrogens with zero attached hydrogens (tertiary/aromatic N) is 2. The molecule has 0 saturated carbocycles. The lowest BCUT2D eigenvalue weighted by atomic mass is 10.2. The number of carbonyl (C=O) groups excluding carboxylic acids is 2. The quantitative estimate of drug-likeness (QED) is 0.918. The van der Waals surface area contributed by atoms with E-state index in [4.69, 9.17) is 0 Å². The van der Waals surface area contributed by atoms with E-state index in [-0.39, 0.29) is 17.6 Å². The Kier molecular flexibility index (Phi) is 5.14. The van der Waals surface area contributed by atoms with Gasteiger partial charge in [-0.1, -0.05) is 12.1 Å². The molecule has 1 saturated heterocycles. The van der Waals surface area contributed by atoms with E-state index in [1.807, 2.05) is 4.90 Å². The van der Waals surface area contributed by atoms with Crippen molar-refractivity contribution in [3.8, 4) is 0 Å². The zero-order valence-electron chi connectivity index (χ0n) is 12.1. The molecule has 0 atom stereocenters. The first-order valence-corrected chi connectivity index (χ1v) is 7.09. The molecule has 1 heterocycles. The third-order valence-corrected chi connectivity index (χ3v) is 3.51. The molecule has 0 aliphatic carbocycles. The number of hydrogen-bond donors (Lipinski definition) is 1. The van der Waals surface area contributed by atoms with Crippen molar-refractivity contribution in [1.82, 2.24) is 10.2 Å². The third kappa shape index (κ3) is 4.18. The maximum atomic E-state index is 13.7. The molecule has 1 aromatic rings. The maximum absolute atomic E-state index is 13.7. The second-order valence-electron chi connectivity index (χ2n) is 5.11. The normalized spacial score (nSPS) is 15.0. The minimum Gasteiger partial charge on any atom is -0.366 e. The van der Waals surface area contributed by atoms with Crippen molar-refractivity contribution < 1.29 is 14.0 Å². The van der Waals surface area contributed by atoms with Crippen molar-refractivity contribution in [2.24, 2.45) is 0 Å². The molecule has 6 heteroatoms. The van der Waals surface area contributed by atoms with Gasteiger partial charge in [-0.05, 0) is 19.1 Å². The summed E-state index contributed by atoms with van der Waals surface area (Å²) in [6.07, 6.45) is 0.348. The summed E-state index contributed by atoms with van der Waals surface area (Å²) in [5.41, 5.74) is 0.578. The van der Waals surface area contributed by atoms with Gasteiger partial charge in [-0.2, -0.15) is 0 Å². The van der Waals surface area contributed by atoms with Crippen LogP contribution in [-0.2, 0) is 4.79 Å². The van der Waals surface area contributed by atoms with E-state index < -0.39 is 0 Å². The summed E-state index contributed by atoms with van der Waals surface area (Å²) in [5.74, 6) is -0.184. The van der Waals surface area contributed by atoms with Gasteiger partial charge in [0.25, 0.3) is 0 Å². The van der Waals surface area contributed by atoms with Crippen LogP contribution >= 0.6 is 0 Å². The number of rotatable bonds is 4. The lowest BCUT2D eigenvalue weighted by Gasteiger charge is -2.36. The molecule has 1 fully saturated rings. The van der Waals surface area contributed by atoms with Crippen LogP contribution in [0, 0.1) is 5.82 Å². The van der Waals surface area contributed by atoms with Crippen molar-refractivity contribution in [3.63, 3.8) is 0 Å².